The Bertz CT molecular complexity index is 421. The molecule has 0 aliphatic heterocycles. The third kappa shape index (κ3) is 1.52. The minimum Gasteiger partial charge on any atom is -0.159 e. The summed E-state index contributed by atoms with van der Waals surface area (Å²) in [5.41, 5.74) is 2.31. The molecule has 0 fully saturated rings. The first-order valence-corrected chi connectivity index (χ1v) is 4.49. The van der Waals surface area contributed by atoms with Crippen LogP contribution in [0.5, 0.6) is 0 Å². The van der Waals surface area contributed by atoms with Crippen molar-refractivity contribution in [2.45, 2.75) is 19.8 Å². The highest BCUT2D eigenvalue weighted by Crippen LogP contribution is 2.18. The maximum absolute atomic E-state index is 4.03. The van der Waals surface area contributed by atoms with Crippen LogP contribution in [0.4, 0.5) is 0 Å². The van der Waals surface area contributed by atoms with Crippen molar-refractivity contribution in [3.05, 3.63) is 36.0 Å². The van der Waals surface area contributed by atoms with Crippen molar-refractivity contribution >= 4 is 10.9 Å². The third-order valence-electron chi connectivity index (χ3n) is 2.20. The zero-order valence-electron chi connectivity index (χ0n) is 7.86. The molecule has 0 saturated heterocycles. The molecule has 0 spiro atoms. The standard InChI is InChI=1S/C11H12N2/c1-8(2)9-3-4-11-10(7-9)5-6-12-13-11/h3-8H,1-2H3. The summed E-state index contributed by atoms with van der Waals surface area (Å²) in [4.78, 5) is 0. The van der Waals surface area contributed by atoms with E-state index in [9.17, 15) is 0 Å². The summed E-state index contributed by atoms with van der Waals surface area (Å²) < 4.78 is 0. The van der Waals surface area contributed by atoms with Crippen molar-refractivity contribution in [3.63, 3.8) is 0 Å². The van der Waals surface area contributed by atoms with E-state index < -0.39 is 0 Å². The Morgan fingerprint density at radius 2 is 2.00 bits per heavy atom. The van der Waals surface area contributed by atoms with Crippen molar-refractivity contribution in [3.8, 4) is 0 Å². The van der Waals surface area contributed by atoms with E-state index in [1.165, 1.54) is 10.9 Å². The Morgan fingerprint density at radius 1 is 1.15 bits per heavy atom. The second kappa shape index (κ2) is 3.13. The lowest BCUT2D eigenvalue weighted by molar-refractivity contribution is 0.868. The monoisotopic (exact) mass is 172 g/mol. The predicted octanol–water partition coefficient (Wildman–Crippen LogP) is 2.75. The van der Waals surface area contributed by atoms with Gasteiger partial charge in [0.05, 0.1) is 11.7 Å². The summed E-state index contributed by atoms with van der Waals surface area (Å²) in [6.07, 6.45) is 1.73. The summed E-state index contributed by atoms with van der Waals surface area (Å²) in [6.45, 7) is 4.38. The van der Waals surface area contributed by atoms with Crippen LogP contribution in [0, 0.1) is 0 Å². The molecule has 1 aromatic carbocycles. The van der Waals surface area contributed by atoms with Gasteiger partial charge in [-0.15, -0.1) is 0 Å². The van der Waals surface area contributed by atoms with Gasteiger partial charge in [0, 0.05) is 5.39 Å². The minimum atomic E-state index is 0.567. The highest BCUT2D eigenvalue weighted by molar-refractivity contribution is 5.78. The molecule has 0 amide bonds. The number of rotatable bonds is 1. The van der Waals surface area contributed by atoms with E-state index >= 15 is 0 Å². The van der Waals surface area contributed by atoms with Gasteiger partial charge in [-0.05, 0) is 29.7 Å². The van der Waals surface area contributed by atoms with Crippen LogP contribution in [0.1, 0.15) is 25.3 Å². The van der Waals surface area contributed by atoms with Crippen molar-refractivity contribution in [1.82, 2.24) is 10.2 Å². The molecule has 2 aromatic rings. The molecule has 1 heterocycles. The Balaban J connectivity index is 2.62. The first-order valence-electron chi connectivity index (χ1n) is 4.49. The molecular weight excluding hydrogens is 160 g/mol. The average molecular weight is 172 g/mol. The van der Waals surface area contributed by atoms with Gasteiger partial charge in [0.1, 0.15) is 0 Å². The molecule has 0 saturated carbocycles. The van der Waals surface area contributed by atoms with E-state index in [0.29, 0.717) is 5.92 Å². The number of benzene rings is 1. The summed E-state index contributed by atoms with van der Waals surface area (Å²) >= 11 is 0. The van der Waals surface area contributed by atoms with Gasteiger partial charge in [-0.2, -0.15) is 10.2 Å². The zero-order valence-corrected chi connectivity index (χ0v) is 7.86. The smallest absolute Gasteiger partial charge is 0.0929 e. The zero-order chi connectivity index (χ0) is 9.26. The van der Waals surface area contributed by atoms with Gasteiger partial charge in [-0.25, -0.2) is 0 Å². The first kappa shape index (κ1) is 8.17. The van der Waals surface area contributed by atoms with Gasteiger partial charge < -0.3 is 0 Å². The average Bonchev–Trinajstić information content (AvgIpc) is 2.17. The molecule has 0 aliphatic rings. The van der Waals surface area contributed by atoms with E-state index in [0.717, 1.165) is 5.52 Å². The van der Waals surface area contributed by atoms with E-state index in [1.807, 2.05) is 12.1 Å². The van der Waals surface area contributed by atoms with Crippen LogP contribution in [-0.4, -0.2) is 10.2 Å². The number of aromatic nitrogens is 2. The Kier molecular flexibility index (Phi) is 1.97. The fraction of sp³-hybridized carbons (Fsp3) is 0.273. The van der Waals surface area contributed by atoms with Gasteiger partial charge in [-0.3, -0.25) is 0 Å². The summed E-state index contributed by atoms with van der Waals surface area (Å²) in [5.74, 6) is 0.567. The number of nitrogens with zero attached hydrogens (tertiary/aromatic N) is 2. The summed E-state index contributed by atoms with van der Waals surface area (Å²) in [5, 5.41) is 9.04. The van der Waals surface area contributed by atoms with Crippen molar-refractivity contribution < 1.29 is 0 Å². The van der Waals surface area contributed by atoms with Crippen LogP contribution in [0.2, 0.25) is 0 Å². The van der Waals surface area contributed by atoms with Crippen LogP contribution >= 0.6 is 0 Å². The van der Waals surface area contributed by atoms with E-state index in [2.05, 4.69) is 36.2 Å². The number of hydrogen-bond acceptors (Lipinski definition) is 2. The molecule has 0 atom stereocenters. The second-order valence-electron chi connectivity index (χ2n) is 3.50. The van der Waals surface area contributed by atoms with Crippen LogP contribution in [0.3, 0.4) is 0 Å². The molecule has 0 bridgehead atoms. The number of hydrogen-bond donors (Lipinski definition) is 0. The Hall–Kier alpha value is -1.44. The molecule has 2 rings (SSSR count). The Labute approximate surface area is 77.6 Å². The highest BCUT2D eigenvalue weighted by atomic mass is 15.1. The van der Waals surface area contributed by atoms with Gasteiger partial charge in [0.25, 0.3) is 0 Å². The fourth-order valence-corrected chi connectivity index (χ4v) is 1.37. The molecule has 0 N–H and O–H groups in total. The molecule has 0 radical (unpaired) electrons. The lowest BCUT2D eigenvalue weighted by Crippen LogP contribution is -1.88. The van der Waals surface area contributed by atoms with E-state index in [-0.39, 0.29) is 0 Å². The van der Waals surface area contributed by atoms with Gasteiger partial charge >= 0.3 is 0 Å². The van der Waals surface area contributed by atoms with Crippen LogP contribution in [-0.2, 0) is 0 Å². The molecule has 2 nitrogen and oxygen atoms in total. The maximum Gasteiger partial charge on any atom is 0.0929 e. The van der Waals surface area contributed by atoms with E-state index in [4.69, 9.17) is 0 Å². The molecule has 66 valence electrons. The van der Waals surface area contributed by atoms with E-state index in [1.54, 1.807) is 6.20 Å². The normalized spacial score (nSPS) is 11.0. The van der Waals surface area contributed by atoms with Crippen molar-refractivity contribution in [1.29, 1.82) is 0 Å². The molecule has 1 aromatic heterocycles. The number of fused-ring (bicyclic) bond motifs is 1. The minimum absolute atomic E-state index is 0.567. The SMILES string of the molecule is CC(C)c1ccc2nnccc2c1. The highest BCUT2D eigenvalue weighted by Gasteiger charge is 2.00. The third-order valence-corrected chi connectivity index (χ3v) is 2.20. The first-order chi connectivity index (χ1) is 6.27. The van der Waals surface area contributed by atoms with Gasteiger partial charge in [0.15, 0.2) is 0 Å². The summed E-state index contributed by atoms with van der Waals surface area (Å²) in [6, 6.07) is 8.31. The molecule has 13 heavy (non-hydrogen) atoms. The fourth-order valence-electron chi connectivity index (χ4n) is 1.37. The molecule has 2 heteroatoms. The van der Waals surface area contributed by atoms with Crippen LogP contribution in [0.25, 0.3) is 10.9 Å². The topological polar surface area (TPSA) is 25.8 Å². The largest absolute Gasteiger partial charge is 0.159 e. The maximum atomic E-state index is 4.03. The van der Waals surface area contributed by atoms with Gasteiger partial charge in [0.2, 0.25) is 0 Å². The quantitative estimate of drug-likeness (QED) is 0.661. The summed E-state index contributed by atoms with van der Waals surface area (Å²) in [7, 11) is 0. The van der Waals surface area contributed by atoms with Crippen molar-refractivity contribution in [2.75, 3.05) is 0 Å². The van der Waals surface area contributed by atoms with Crippen LogP contribution in [0.15, 0.2) is 30.5 Å². The predicted molar refractivity (Wildman–Crippen MR) is 53.6 cm³/mol. The second-order valence-corrected chi connectivity index (χ2v) is 3.50. The Morgan fingerprint density at radius 3 is 2.77 bits per heavy atom. The van der Waals surface area contributed by atoms with Gasteiger partial charge in [-0.1, -0.05) is 19.9 Å². The lowest BCUT2D eigenvalue weighted by Gasteiger charge is -2.05. The molecule has 0 unspecified atom stereocenters. The molecule has 0 aliphatic carbocycles. The molecular formula is C11H12N2. The lowest BCUT2D eigenvalue weighted by atomic mass is 10.0. The van der Waals surface area contributed by atoms with Crippen molar-refractivity contribution in [2.24, 2.45) is 0 Å². The van der Waals surface area contributed by atoms with Crippen LogP contribution < -0.4 is 0 Å².